The fourth-order valence-corrected chi connectivity index (χ4v) is 1.77. The molecule has 1 aromatic carbocycles. The molecule has 4 heteroatoms. The van der Waals surface area contributed by atoms with Gasteiger partial charge in [0.15, 0.2) is 5.82 Å². The zero-order valence-corrected chi connectivity index (χ0v) is 11.1. The first kappa shape index (κ1) is 12.8. The Morgan fingerprint density at radius 1 is 1.22 bits per heavy atom. The van der Waals surface area contributed by atoms with Crippen molar-refractivity contribution in [1.29, 1.82) is 0 Å². The van der Waals surface area contributed by atoms with Gasteiger partial charge < -0.3 is 10.4 Å². The summed E-state index contributed by atoms with van der Waals surface area (Å²) in [7, 11) is 0. The Balaban J connectivity index is 2.32. The second kappa shape index (κ2) is 4.90. The fourth-order valence-electron chi connectivity index (χ4n) is 1.77. The molecule has 1 unspecified atom stereocenters. The predicted octanol–water partition coefficient (Wildman–Crippen LogP) is 2.51. The number of fused-ring (bicyclic) bond motifs is 1. The quantitative estimate of drug-likeness (QED) is 0.869. The Kier molecular flexibility index (Phi) is 3.48. The molecule has 0 aliphatic carbocycles. The Morgan fingerprint density at radius 3 is 2.56 bits per heavy atom. The minimum absolute atomic E-state index is 0.464. The van der Waals surface area contributed by atoms with Gasteiger partial charge in [-0.1, -0.05) is 31.2 Å². The van der Waals surface area contributed by atoms with Gasteiger partial charge in [-0.05, 0) is 20.3 Å². The fraction of sp³-hybridized carbons (Fsp3) is 0.429. The molecule has 96 valence electrons. The lowest BCUT2D eigenvalue weighted by Gasteiger charge is -2.22. The van der Waals surface area contributed by atoms with E-state index in [4.69, 9.17) is 0 Å². The standard InChI is InChI=1S/C14H19N3O/c1-4-14(3,18)9-15-13-12-8-6-5-7-11(12)10(2)16-17-13/h5-8,18H,4,9H2,1-3H3,(H,15,17). The van der Waals surface area contributed by atoms with Crippen LogP contribution in [0.2, 0.25) is 0 Å². The summed E-state index contributed by atoms with van der Waals surface area (Å²) in [6.45, 7) is 6.18. The van der Waals surface area contributed by atoms with Crippen molar-refractivity contribution in [2.24, 2.45) is 0 Å². The highest BCUT2D eigenvalue weighted by Crippen LogP contribution is 2.22. The van der Waals surface area contributed by atoms with Crippen molar-refractivity contribution in [3.8, 4) is 0 Å². The van der Waals surface area contributed by atoms with Gasteiger partial charge in [-0.2, -0.15) is 5.10 Å². The third-order valence-corrected chi connectivity index (χ3v) is 3.27. The summed E-state index contributed by atoms with van der Waals surface area (Å²) >= 11 is 0. The predicted molar refractivity (Wildman–Crippen MR) is 73.7 cm³/mol. The maximum Gasteiger partial charge on any atom is 0.156 e. The molecule has 0 aliphatic heterocycles. The van der Waals surface area contributed by atoms with Crippen molar-refractivity contribution in [2.75, 3.05) is 11.9 Å². The molecule has 0 bridgehead atoms. The molecule has 0 fully saturated rings. The number of hydrogen-bond donors (Lipinski definition) is 2. The van der Waals surface area contributed by atoms with E-state index in [2.05, 4.69) is 15.5 Å². The van der Waals surface area contributed by atoms with Gasteiger partial charge in [-0.15, -0.1) is 5.10 Å². The molecule has 0 spiro atoms. The van der Waals surface area contributed by atoms with Crippen LogP contribution in [0.3, 0.4) is 0 Å². The Bertz CT molecular complexity index is 552. The highest BCUT2D eigenvalue weighted by Gasteiger charge is 2.18. The van der Waals surface area contributed by atoms with E-state index in [0.717, 1.165) is 22.3 Å². The van der Waals surface area contributed by atoms with Crippen molar-refractivity contribution in [3.63, 3.8) is 0 Å². The van der Waals surface area contributed by atoms with Crippen molar-refractivity contribution >= 4 is 16.6 Å². The normalized spacial score (nSPS) is 14.4. The second-order valence-corrected chi connectivity index (χ2v) is 4.88. The van der Waals surface area contributed by atoms with E-state index in [0.29, 0.717) is 13.0 Å². The summed E-state index contributed by atoms with van der Waals surface area (Å²) in [5.41, 5.74) is 0.187. The SMILES string of the molecule is CCC(C)(O)CNc1nnc(C)c2ccccc12. The number of hydrogen-bond acceptors (Lipinski definition) is 4. The first-order valence-electron chi connectivity index (χ1n) is 6.22. The van der Waals surface area contributed by atoms with Crippen molar-refractivity contribution in [1.82, 2.24) is 10.2 Å². The van der Waals surface area contributed by atoms with E-state index in [1.165, 1.54) is 0 Å². The molecule has 0 aliphatic rings. The van der Waals surface area contributed by atoms with Gasteiger partial charge in [0.2, 0.25) is 0 Å². The van der Waals surface area contributed by atoms with Crippen LogP contribution in [0.15, 0.2) is 24.3 Å². The van der Waals surface area contributed by atoms with Gasteiger partial charge in [0, 0.05) is 17.3 Å². The van der Waals surface area contributed by atoms with Crippen LogP contribution < -0.4 is 5.32 Å². The number of aryl methyl sites for hydroxylation is 1. The van der Waals surface area contributed by atoms with Crippen LogP contribution in [0.25, 0.3) is 10.8 Å². The maximum absolute atomic E-state index is 10.0. The summed E-state index contributed by atoms with van der Waals surface area (Å²) < 4.78 is 0. The average molecular weight is 245 g/mol. The highest BCUT2D eigenvalue weighted by atomic mass is 16.3. The van der Waals surface area contributed by atoms with E-state index in [1.807, 2.05) is 45.0 Å². The van der Waals surface area contributed by atoms with Crippen LogP contribution in [0.4, 0.5) is 5.82 Å². The first-order chi connectivity index (χ1) is 8.53. The molecule has 1 heterocycles. The number of aromatic nitrogens is 2. The van der Waals surface area contributed by atoms with Gasteiger partial charge in [-0.25, -0.2) is 0 Å². The van der Waals surface area contributed by atoms with Crippen LogP contribution >= 0.6 is 0 Å². The van der Waals surface area contributed by atoms with E-state index >= 15 is 0 Å². The lowest BCUT2D eigenvalue weighted by atomic mass is 10.0. The van der Waals surface area contributed by atoms with Gasteiger partial charge in [0.1, 0.15) is 0 Å². The van der Waals surface area contributed by atoms with Crippen molar-refractivity contribution < 1.29 is 5.11 Å². The van der Waals surface area contributed by atoms with E-state index in [9.17, 15) is 5.11 Å². The molecule has 2 aromatic rings. The number of aliphatic hydroxyl groups is 1. The van der Waals surface area contributed by atoms with Gasteiger partial charge in [0.25, 0.3) is 0 Å². The number of rotatable bonds is 4. The first-order valence-corrected chi connectivity index (χ1v) is 6.22. The molecule has 4 nitrogen and oxygen atoms in total. The van der Waals surface area contributed by atoms with Gasteiger partial charge in [0.05, 0.1) is 11.3 Å². The Morgan fingerprint density at radius 2 is 1.89 bits per heavy atom. The highest BCUT2D eigenvalue weighted by molar-refractivity contribution is 5.92. The van der Waals surface area contributed by atoms with Gasteiger partial charge >= 0.3 is 0 Å². The number of benzene rings is 1. The molecule has 1 atom stereocenters. The molecule has 1 aromatic heterocycles. The van der Waals surface area contributed by atoms with E-state index in [1.54, 1.807) is 0 Å². The Labute approximate surface area is 107 Å². The smallest absolute Gasteiger partial charge is 0.156 e. The number of nitrogens with zero attached hydrogens (tertiary/aromatic N) is 2. The van der Waals surface area contributed by atoms with Crippen LogP contribution in [-0.2, 0) is 0 Å². The summed E-state index contributed by atoms with van der Waals surface area (Å²) in [4.78, 5) is 0. The van der Waals surface area contributed by atoms with Crippen LogP contribution in [0, 0.1) is 6.92 Å². The molecule has 0 saturated heterocycles. The zero-order valence-electron chi connectivity index (χ0n) is 11.1. The molecule has 2 N–H and O–H groups in total. The van der Waals surface area contributed by atoms with Gasteiger partial charge in [-0.3, -0.25) is 0 Å². The maximum atomic E-state index is 10.0. The van der Waals surface area contributed by atoms with Crippen molar-refractivity contribution in [3.05, 3.63) is 30.0 Å². The largest absolute Gasteiger partial charge is 0.388 e. The lowest BCUT2D eigenvalue weighted by Crippen LogP contribution is -2.32. The molecule has 18 heavy (non-hydrogen) atoms. The van der Waals surface area contributed by atoms with E-state index in [-0.39, 0.29) is 0 Å². The Hall–Kier alpha value is -1.68. The monoisotopic (exact) mass is 245 g/mol. The number of anilines is 1. The molecular formula is C14H19N3O. The number of nitrogens with one attached hydrogen (secondary N) is 1. The summed E-state index contributed by atoms with van der Waals surface area (Å²) in [5.74, 6) is 0.727. The minimum atomic E-state index is -0.729. The molecule has 0 saturated carbocycles. The van der Waals surface area contributed by atoms with Crippen molar-refractivity contribution in [2.45, 2.75) is 32.8 Å². The average Bonchev–Trinajstić information content (AvgIpc) is 2.38. The lowest BCUT2D eigenvalue weighted by molar-refractivity contribution is 0.0697. The molecular weight excluding hydrogens is 226 g/mol. The summed E-state index contributed by atoms with van der Waals surface area (Å²) in [6, 6.07) is 8.01. The van der Waals surface area contributed by atoms with Crippen LogP contribution in [0.5, 0.6) is 0 Å². The summed E-state index contributed by atoms with van der Waals surface area (Å²) in [5, 5.41) is 23.6. The molecule has 2 rings (SSSR count). The second-order valence-electron chi connectivity index (χ2n) is 4.88. The third-order valence-electron chi connectivity index (χ3n) is 3.27. The molecule has 0 radical (unpaired) electrons. The minimum Gasteiger partial charge on any atom is -0.388 e. The van der Waals surface area contributed by atoms with Crippen LogP contribution in [-0.4, -0.2) is 27.4 Å². The molecule has 0 amide bonds. The zero-order chi connectivity index (χ0) is 13.2. The summed E-state index contributed by atoms with van der Waals surface area (Å²) in [6.07, 6.45) is 0.692. The van der Waals surface area contributed by atoms with Crippen LogP contribution in [0.1, 0.15) is 26.0 Å². The third kappa shape index (κ3) is 2.59. The topological polar surface area (TPSA) is 58.0 Å². The van der Waals surface area contributed by atoms with E-state index < -0.39 is 5.60 Å².